The van der Waals surface area contributed by atoms with E-state index in [1.54, 1.807) is 51.1 Å². The molecule has 1 saturated heterocycles. The summed E-state index contributed by atoms with van der Waals surface area (Å²) < 4.78 is 0. The minimum absolute atomic E-state index is 0.0148. The van der Waals surface area contributed by atoms with Gasteiger partial charge in [0.25, 0.3) is 11.6 Å². The summed E-state index contributed by atoms with van der Waals surface area (Å²) in [6.45, 7) is 4.49. The maximum Gasteiger partial charge on any atom is 0.325 e. The SMILES string of the molecule is Cc1cc(NC(=O)CN2C(=O)N[C@](C)(c3ccccc3)C2=O)c([N+](=O)[O-])cc1C. The highest BCUT2D eigenvalue weighted by molar-refractivity contribution is 6.10. The molecular weight excluding hydrogens is 376 g/mol. The fourth-order valence-electron chi connectivity index (χ4n) is 3.19. The van der Waals surface area contributed by atoms with Gasteiger partial charge in [0, 0.05) is 6.07 Å². The van der Waals surface area contributed by atoms with Gasteiger partial charge in [-0.25, -0.2) is 4.79 Å². The summed E-state index contributed by atoms with van der Waals surface area (Å²) in [5, 5.41) is 16.3. The van der Waals surface area contributed by atoms with Crippen molar-refractivity contribution in [3.8, 4) is 0 Å². The number of imide groups is 1. The van der Waals surface area contributed by atoms with Crippen LogP contribution in [-0.4, -0.2) is 34.2 Å². The summed E-state index contributed by atoms with van der Waals surface area (Å²) >= 11 is 0. The number of benzene rings is 2. The predicted molar refractivity (Wildman–Crippen MR) is 105 cm³/mol. The lowest BCUT2D eigenvalue weighted by molar-refractivity contribution is -0.384. The van der Waals surface area contributed by atoms with Gasteiger partial charge in [0.1, 0.15) is 17.8 Å². The van der Waals surface area contributed by atoms with Crippen LogP contribution in [0.5, 0.6) is 0 Å². The molecule has 0 unspecified atom stereocenters. The average molecular weight is 396 g/mol. The van der Waals surface area contributed by atoms with E-state index < -0.39 is 34.9 Å². The lowest BCUT2D eigenvalue weighted by atomic mass is 9.92. The molecule has 29 heavy (non-hydrogen) atoms. The van der Waals surface area contributed by atoms with E-state index in [2.05, 4.69) is 10.6 Å². The maximum absolute atomic E-state index is 12.9. The summed E-state index contributed by atoms with van der Waals surface area (Å²) in [7, 11) is 0. The number of nitrogens with one attached hydrogen (secondary N) is 2. The number of hydrogen-bond acceptors (Lipinski definition) is 5. The number of aryl methyl sites for hydroxylation is 2. The van der Waals surface area contributed by atoms with Crippen LogP contribution < -0.4 is 10.6 Å². The predicted octanol–water partition coefficient (Wildman–Crippen LogP) is 2.62. The first-order valence-electron chi connectivity index (χ1n) is 8.88. The topological polar surface area (TPSA) is 122 Å². The van der Waals surface area contributed by atoms with Gasteiger partial charge in [-0.3, -0.25) is 24.6 Å². The van der Waals surface area contributed by atoms with Crippen molar-refractivity contribution in [3.63, 3.8) is 0 Å². The molecule has 1 heterocycles. The minimum atomic E-state index is -1.29. The molecule has 0 aromatic heterocycles. The van der Waals surface area contributed by atoms with E-state index in [0.29, 0.717) is 11.1 Å². The second kappa shape index (κ2) is 7.34. The van der Waals surface area contributed by atoms with E-state index in [0.717, 1.165) is 10.5 Å². The van der Waals surface area contributed by atoms with Gasteiger partial charge in [-0.1, -0.05) is 30.3 Å². The van der Waals surface area contributed by atoms with Gasteiger partial charge in [0.05, 0.1) is 4.92 Å². The van der Waals surface area contributed by atoms with Crippen LogP contribution in [0.15, 0.2) is 42.5 Å². The van der Waals surface area contributed by atoms with Crippen molar-refractivity contribution in [1.29, 1.82) is 0 Å². The smallest absolute Gasteiger partial charge is 0.319 e. The summed E-state index contributed by atoms with van der Waals surface area (Å²) in [6.07, 6.45) is 0. The molecule has 2 N–H and O–H groups in total. The number of rotatable bonds is 5. The van der Waals surface area contributed by atoms with E-state index in [1.807, 2.05) is 0 Å². The van der Waals surface area contributed by atoms with Crippen LogP contribution in [0.25, 0.3) is 0 Å². The molecule has 0 aliphatic carbocycles. The van der Waals surface area contributed by atoms with Crippen LogP contribution in [0.1, 0.15) is 23.6 Å². The molecule has 150 valence electrons. The molecule has 2 aromatic rings. The fourth-order valence-corrected chi connectivity index (χ4v) is 3.19. The number of urea groups is 1. The van der Waals surface area contributed by atoms with Gasteiger partial charge in [-0.05, 0) is 43.5 Å². The molecule has 0 spiro atoms. The number of carbonyl (C=O) groups excluding carboxylic acids is 3. The summed E-state index contributed by atoms with van der Waals surface area (Å²) in [6, 6.07) is 10.8. The molecule has 2 aromatic carbocycles. The molecule has 9 heteroatoms. The van der Waals surface area contributed by atoms with E-state index in [4.69, 9.17) is 0 Å². The van der Waals surface area contributed by atoms with Crippen LogP contribution >= 0.6 is 0 Å². The zero-order valence-electron chi connectivity index (χ0n) is 16.2. The van der Waals surface area contributed by atoms with Gasteiger partial charge in [0.2, 0.25) is 5.91 Å². The Morgan fingerprint density at radius 2 is 1.79 bits per heavy atom. The quantitative estimate of drug-likeness (QED) is 0.457. The van der Waals surface area contributed by atoms with Gasteiger partial charge >= 0.3 is 6.03 Å². The zero-order chi connectivity index (χ0) is 21.3. The van der Waals surface area contributed by atoms with Crippen molar-refractivity contribution in [2.45, 2.75) is 26.3 Å². The number of nitro benzene ring substituents is 1. The van der Waals surface area contributed by atoms with Crippen molar-refractivity contribution in [2.24, 2.45) is 0 Å². The first kappa shape index (κ1) is 20.0. The van der Waals surface area contributed by atoms with Crippen molar-refractivity contribution < 1.29 is 19.3 Å². The lowest BCUT2D eigenvalue weighted by Gasteiger charge is -2.22. The lowest BCUT2D eigenvalue weighted by Crippen LogP contribution is -2.42. The minimum Gasteiger partial charge on any atom is -0.319 e. The summed E-state index contributed by atoms with van der Waals surface area (Å²) in [5.74, 6) is -1.28. The molecule has 9 nitrogen and oxygen atoms in total. The highest BCUT2D eigenvalue weighted by Gasteiger charge is 2.49. The Morgan fingerprint density at radius 3 is 2.41 bits per heavy atom. The van der Waals surface area contributed by atoms with Gasteiger partial charge in [-0.2, -0.15) is 0 Å². The molecule has 0 bridgehead atoms. The molecule has 0 saturated carbocycles. The Kier molecular flexibility index (Phi) is 5.06. The second-order valence-corrected chi connectivity index (χ2v) is 7.07. The molecule has 1 atom stereocenters. The zero-order valence-corrected chi connectivity index (χ0v) is 16.2. The molecular formula is C20H20N4O5. The Bertz CT molecular complexity index is 1020. The van der Waals surface area contributed by atoms with E-state index in [9.17, 15) is 24.5 Å². The van der Waals surface area contributed by atoms with Crippen LogP contribution in [0.3, 0.4) is 0 Å². The summed E-state index contributed by atoms with van der Waals surface area (Å²) in [5.41, 5.74) is 0.533. The third kappa shape index (κ3) is 3.66. The molecule has 1 fully saturated rings. The third-order valence-corrected chi connectivity index (χ3v) is 5.01. The fraction of sp³-hybridized carbons (Fsp3) is 0.250. The van der Waals surface area contributed by atoms with Crippen LogP contribution in [0.2, 0.25) is 0 Å². The van der Waals surface area contributed by atoms with Crippen molar-refractivity contribution in [3.05, 3.63) is 69.3 Å². The number of hydrogen-bond donors (Lipinski definition) is 2. The van der Waals surface area contributed by atoms with E-state index >= 15 is 0 Å². The molecule has 1 aliphatic rings. The maximum atomic E-state index is 12.9. The standard InChI is InChI=1S/C20H20N4O5/c1-12-9-15(16(24(28)29)10-13(12)2)21-17(25)11-23-18(26)20(3,22-19(23)27)14-7-5-4-6-8-14/h4-10H,11H2,1-3H3,(H,21,25)(H,22,27)/t20-/m1/s1. The van der Waals surface area contributed by atoms with Crippen LogP contribution in [0.4, 0.5) is 16.2 Å². The third-order valence-electron chi connectivity index (χ3n) is 5.01. The van der Waals surface area contributed by atoms with Crippen molar-refractivity contribution in [1.82, 2.24) is 10.2 Å². The highest BCUT2D eigenvalue weighted by atomic mass is 16.6. The summed E-state index contributed by atoms with van der Waals surface area (Å²) in [4.78, 5) is 49.2. The normalized spacial score (nSPS) is 18.5. The number of anilines is 1. The Balaban J connectivity index is 1.80. The molecule has 3 rings (SSSR count). The number of amides is 4. The Morgan fingerprint density at radius 1 is 1.17 bits per heavy atom. The first-order valence-corrected chi connectivity index (χ1v) is 8.88. The second-order valence-electron chi connectivity index (χ2n) is 7.07. The van der Waals surface area contributed by atoms with Crippen molar-refractivity contribution in [2.75, 3.05) is 11.9 Å². The first-order chi connectivity index (χ1) is 13.6. The van der Waals surface area contributed by atoms with Gasteiger partial charge in [-0.15, -0.1) is 0 Å². The Labute approximate surface area is 166 Å². The number of nitro groups is 1. The number of nitrogens with zero attached hydrogens (tertiary/aromatic N) is 2. The molecule has 1 aliphatic heterocycles. The molecule has 4 amide bonds. The van der Waals surface area contributed by atoms with Crippen LogP contribution in [0, 0.1) is 24.0 Å². The largest absolute Gasteiger partial charge is 0.325 e. The van der Waals surface area contributed by atoms with Crippen LogP contribution in [-0.2, 0) is 15.1 Å². The van der Waals surface area contributed by atoms with Gasteiger partial charge in [0.15, 0.2) is 0 Å². The van der Waals surface area contributed by atoms with E-state index in [1.165, 1.54) is 12.1 Å². The highest BCUT2D eigenvalue weighted by Crippen LogP contribution is 2.30. The average Bonchev–Trinajstić information content (AvgIpc) is 2.89. The van der Waals surface area contributed by atoms with Crippen molar-refractivity contribution >= 4 is 29.2 Å². The monoisotopic (exact) mass is 396 g/mol. The van der Waals surface area contributed by atoms with Gasteiger partial charge < -0.3 is 10.6 Å². The van der Waals surface area contributed by atoms with E-state index in [-0.39, 0.29) is 11.4 Å². The Hall–Kier alpha value is -3.75. The number of carbonyl (C=O) groups is 3. The molecule has 0 radical (unpaired) electrons.